The van der Waals surface area contributed by atoms with Crippen LogP contribution in [0.1, 0.15) is 35.9 Å². The Hall–Kier alpha value is -1.59. The average molecular weight is 353 g/mol. The number of anilines is 1. The van der Waals surface area contributed by atoms with E-state index in [1.54, 1.807) is 11.3 Å². The summed E-state index contributed by atoms with van der Waals surface area (Å²) in [6.45, 7) is 2.10. The van der Waals surface area contributed by atoms with Gasteiger partial charge in [-0.3, -0.25) is 10.1 Å². The highest BCUT2D eigenvalue weighted by Crippen LogP contribution is 2.29. The first-order valence-electron chi connectivity index (χ1n) is 7.75. The number of thiazole rings is 1. The van der Waals surface area contributed by atoms with Gasteiger partial charge in [0, 0.05) is 4.88 Å². The van der Waals surface area contributed by atoms with E-state index >= 15 is 0 Å². The first kappa shape index (κ1) is 17.8. The Kier molecular flexibility index (Phi) is 6.42. The number of aromatic nitrogens is 1. The van der Waals surface area contributed by atoms with Crippen molar-refractivity contribution in [2.45, 2.75) is 39.0 Å². The maximum atomic E-state index is 12.0. The molecule has 1 aromatic carbocycles. The molecule has 0 aliphatic heterocycles. The largest absolute Gasteiger partial charge is 0.484 e. The zero-order valence-corrected chi connectivity index (χ0v) is 14.8. The summed E-state index contributed by atoms with van der Waals surface area (Å²) in [7, 11) is 0. The standard InChI is InChI=1S/C17H20N2O2S.ClH/c1-2-12-6-5-7-13(10-12)21-11-16(20)19-17-18-14-8-3-4-9-15(14)22-17;/h5-7,10H,2-4,8-9,11H2,1H3,(H,18,19,20);1H. The van der Waals surface area contributed by atoms with E-state index in [4.69, 9.17) is 4.74 Å². The number of hydrogen-bond donors (Lipinski definition) is 1. The van der Waals surface area contributed by atoms with E-state index in [-0.39, 0.29) is 24.9 Å². The van der Waals surface area contributed by atoms with Gasteiger partial charge >= 0.3 is 0 Å². The number of nitrogens with one attached hydrogen (secondary N) is 1. The molecule has 4 nitrogen and oxygen atoms in total. The van der Waals surface area contributed by atoms with Gasteiger partial charge in [-0.2, -0.15) is 0 Å². The van der Waals surface area contributed by atoms with Crippen LogP contribution in [0.5, 0.6) is 5.75 Å². The van der Waals surface area contributed by atoms with Crippen LogP contribution in [-0.4, -0.2) is 17.5 Å². The molecule has 3 rings (SSSR count). The lowest BCUT2D eigenvalue weighted by Crippen LogP contribution is -2.20. The van der Waals surface area contributed by atoms with Gasteiger partial charge in [0.25, 0.3) is 5.91 Å². The number of carbonyl (C=O) groups excluding carboxylic acids is 1. The molecule has 1 aromatic heterocycles. The third-order valence-corrected chi connectivity index (χ3v) is 4.84. The van der Waals surface area contributed by atoms with Gasteiger partial charge in [-0.25, -0.2) is 4.98 Å². The van der Waals surface area contributed by atoms with E-state index in [1.807, 2.05) is 24.3 Å². The molecule has 0 saturated heterocycles. The highest BCUT2D eigenvalue weighted by molar-refractivity contribution is 7.15. The second-order valence-corrected chi connectivity index (χ2v) is 6.52. The van der Waals surface area contributed by atoms with E-state index in [2.05, 4.69) is 17.2 Å². The lowest BCUT2D eigenvalue weighted by Gasteiger charge is -2.07. The molecule has 1 amide bonds. The first-order chi connectivity index (χ1) is 10.7. The predicted molar refractivity (Wildman–Crippen MR) is 95.9 cm³/mol. The number of rotatable bonds is 5. The van der Waals surface area contributed by atoms with Crippen LogP contribution < -0.4 is 10.1 Å². The Balaban J connectivity index is 0.00000192. The Morgan fingerprint density at radius 1 is 1.35 bits per heavy atom. The predicted octanol–water partition coefficient (Wildman–Crippen LogP) is 4.02. The Labute approximate surface area is 146 Å². The van der Waals surface area contributed by atoms with Crippen LogP contribution >= 0.6 is 23.7 Å². The number of fused-ring (bicyclic) bond motifs is 1. The van der Waals surface area contributed by atoms with Crippen LogP contribution in [0.4, 0.5) is 5.13 Å². The van der Waals surface area contributed by atoms with E-state index in [0.717, 1.165) is 30.7 Å². The van der Waals surface area contributed by atoms with Crippen LogP contribution in [0.25, 0.3) is 0 Å². The molecule has 1 heterocycles. The molecule has 2 aromatic rings. The molecule has 0 fully saturated rings. The topological polar surface area (TPSA) is 51.2 Å². The monoisotopic (exact) mass is 352 g/mol. The maximum absolute atomic E-state index is 12.0. The highest BCUT2D eigenvalue weighted by atomic mass is 35.5. The number of amides is 1. The second kappa shape index (κ2) is 8.31. The molecule has 1 aliphatic carbocycles. The smallest absolute Gasteiger partial charge is 0.264 e. The van der Waals surface area contributed by atoms with Crippen LogP contribution in [0, 0.1) is 0 Å². The van der Waals surface area contributed by atoms with E-state index in [0.29, 0.717) is 5.13 Å². The summed E-state index contributed by atoms with van der Waals surface area (Å²) < 4.78 is 5.55. The van der Waals surface area contributed by atoms with Crippen molar-refractivity contribution in [3.8, 4) is 5.75 Å². The summed E-state index contributed by atoms with van der Waals surface area (Å²) >= 11 is 1.59. The van der Waals surface area contributed by atoms with E-state index in [9.17, 15) is 4.79 Å². The van der Waals surface area contributed by atoms with Crippen molar-refractivity contribution in [1.29, 1.82) is 0 Å². The van der Waals surface area contributed by atoms with Gasteiger partial charge in [0.2, 0.25) is 0 Å². The number of benzene rings is 1. The quantitative estimate of drug-likeness (QED) is 0.884. The lowest BCUT2D eigenvalue weighted by molar-refractivity contribution is -0.118. The van der Waals surface area contributed by atoms with Crippen LogP contribution in [0.3, 0.4) is 0 Å². The van der Waals surface area contributed by atoms with Crippen molar-refractivity contribution in [1.82, 2.24) is 4.98 Å². The van der Waals surface area contributed by atoms with Gasteiger partial charge in [-0.15, -0.1) is 23.7 Å². The maximum Gasteiger partial charge on any atom is 0.264 e. The Morgan fingerprint density at radius 2 is 2.17 bits per heavy atom. The molecule has 0 radical (unpaired) electrons. The number of ether oxygens (including phenoxy) is 1. The Bertz CT molecular complexity index is 649. The SMILES string of the molecule is CCc1cccc(OCC(=O)Nc2nc3c(s2)CCCC3)c1.Cl. The van der Waals surface area contributed by atoms with E-state index in [1.165, 1.54) is 23.3 Å². The van der Waals surface area contributed by atoms with Gasteiger partial charge in [0.05, 0.1) is 5.69 Å². The van der Waals surface area contributed by atoms with Gasteiger partial charge in [-0.05, 0) is 49.8 Å². The van der Waals surface area contributed by atoms with E-state index < -0.39 is 0 Å². The van der Waals surface area contributed by atoms with Gasteiger partial charge in [0.15, 0.2) is 11.7 Å². The number of hydrogen-bond acceptors (Lipinski definition) is 4. The molecule has 6 heteroatoms. The van der Waals surface area contributed by atoms with Crippen molar-refractivity contribution in [2.24, 2.45) is 0 Å². The summed E-state index contributed by atoms with van der Waals surface area (Å²) in [5, 5.41) is 3.54. The summed E-state index contributed by atoms with van der Waals surface area (Å²) in [6, 6.07) is 7.83. The fourth-order valence-electron chi connectivity index (χ4n) is 2.56. The normalized spacial score (nSPS) is 12.9. The van der Waals surface area contributed by atoms with Crippen LogP contribution in [-0.2, 0) is 24.1 Å². The fourth-order valence-corrected chi connectivity index (χ4v) is 3.63. The zero-order valence-electron chi connectivity index (χ0n) is 13.1. The van der Waals surface area contributed by atoms with Crippen molar-refractivity contribution in [3.05, 3.63) is 40.4 Å². The molecule has 0 bridgehead atoms. The zero-order chi connectivity index (χ0) is 15.4. The highest BCUT2D eigenvalue weighted by Gasteiger charge is 2.16. The third-order valence-electron chi connectivity index (χ3n) is 3.77. The number of carbonyl (C=O) groups is 1. The molecule has 1 aliphatic rings. The first-order valence-corrected chi connectivity index (χ1v) is 8.56. The number of halogens is 1. The lowest BCUT2D eigenvalue weighted by atomic mass is 10.0. The van der Waals surface area contributed by atoms with Crippen molar-refractivity contribution in [3.63, 3.8) is 0 Å². The Morgan fingerprint density at radius 3 is 2.96 bits per heavy atom. The minimum atomic E-state index is -0.159. The second-order valence-electron chi connectivity index (χ2n) is 5.43. The average Bonchev–Trinajstić information content (AvgIpc) is 2.95. The van der Waals surface area contributed by atoms with Gasteiger partial charge in [0.1, 0.15) is 5.75 Å². The molecule has 124 valence electrons. The van der Waals surface area contributed by atoms with Crippen molar-refractivity contribution < 1.29 is 9.53 Å². The van der Waals surface area contributed by atoms with Gasteiger partial charge in [-0.1, -0.05) is 19.1 Å². The summed E-state index contributed by atoms with van der Waals surface area (Å²) in [5.74, 6) is 0.570. The minimum absolute atomic E-state index is 0. The molecule has 1 N–H and O–H groups in total. The molecular weight excluding hydrogens is 332 g/mol. The molecule has 0 unspecified atom stereocenters. The summed E-state index contributed by atoms with van der Waals surface area (Å²) in [6.07, 6.45) is 5.49. The van der Waals surface area contributed by atoms with Crippen molar-refractivity contribution >= 4 is 34.8 Å². The minimum Gasteiger partial charge on any atom is -0.484 e. The van der Waals surface area contributed by atoms with Crippen LogP contribution in [0.15, 0.2) is 24.3 Å². The molecular formula is C17H21ClN2O2S. The summed E-state index contributed by atoms with van der Waals surface area (Å²) in [4.78, 5) is 17.8. The molecule has 0 atom stereocenters. The number of nitrogens with zero attached hydrogens (tertiary/aromatic N) is 1. The fraction of sp³-hybridized carbons (Fsp3) is 0.412. The van der Waals surface area contributed by atoms with Gasteiger partial charge < -0.3 is 4.74 Å². The molecule has 0 spiro atoms. The van der Waals surface area contributed by atoms with Crippen LogP contribution in [0.2, 0.25) is 0 Å². The molecule has 23 heavy (non-hydrogen) atoms. The number of aryl methyl sites for hydroxylation is 3. The third kappa shape index (κ3) is 4.69. The molecule has 0 saturated carbocycles. The summed E-state index contributed by atoms with van der Waals surface area (Å²) in [5.41, 5.74) is 2.36. The van der Waals surface area contributed by atoms with Crippen molar-refractivity contribution in [2.75, 3.05) is 11.9 Å².